The van der Waals surface area contributed by atoms with Gasteiger partial charge in [-0.2, -0.15) is 0 Å². The molecule has 0 radical (unpaired) electrons. The fourth-order valence-corrected chi connectivity index (χ4v) is 2.13. The maximum absolute atomic E-state index is 12.1. The maximum atomic E-state index is 12.1. The van der Waals surface area contributed by atoms with Gasteiger partial charge in [0.15, 0.2) is 0 Å². The van der Waals surface area contributed by atoms with Crippen LogP contribution in [-0.4, -0.2) is 13.0 Å². The predicted octanol–water partition coefficient (Wildman–Crippen LogP) is 3.08. The van der Waals surface area contributed by atoms with E-state index in [1.54, 1.807) is 13.2 Å². The molecule has 1 amide bonds. The number of aryl methyl sites for hydroxylation is 2. The van der Waals surface area contributed by atoms with E-state index in [1.807, 2.05) is 44.2 Å². The van der Waals surface area contributed by atoms with Crippen LogP contribution in [0.5, 0.6) is 5.75 Å². The Kier molecular flexibility index (Phi) is 4.48. The van der Waals surface area contributed by atoms with E-state index >= 15 is 0 Å². The quantitative estimate of drug-likeness (QED) is 0.848. The molecule has 2 aromatic carbocycles. The lowest BCUT2D eigenvalue weighted by atomic mass is 10.1. The monoisotopic (exact) mass is 284 g/mol. The average Bonchev–Trinajstić information content (AvgIpc) is 2.45. The van der Waals surface area contributed by atoms with Crippen molar-refractivity contribution in [3.8, 4) is 5.75 Å². The van der Waals surface area contributed by atoms with E-state index in [4.69, 9.17) is 10.5 Å². The number of nitrogen functional groups attached to an aromatic ring is 1. The molecule has 0 saturated carbocycles. The molecule has 2 aromatic rings. The number of methoxy groups -OCH3 is 1. The molecule has 21 heavy (non-hydrogen) atoms. The third kappa shape index (κ3) is 3.75. The van der Waals surface area contributed by atoms with E-state index < -0.39 is 0 Å². The smallest absolute Gasteiger partial charge is 0.228 e. The van der Waals surface area contributed by atoms with Crippen molar-refractivity contribution in [2.45, 2.75) is 20.3 Å². The summed E-state index contributed by atoms with van der Waals surface area (Å²) in [6.07, 6.45) is 0.317. The lowest BCUT2D eigenvalue weighted by Crippen LogP contribution is -2.15. The molecule has 4 nitrogen and oxygen atoms in total. The van der Waals surface area contributed by atoms with Crippen LogP contribution >= 0.6 is 0 Å². The van der Waals surface area contributed by atoms with Gasteiger partial charge in [0, 0.05) is 11.4 Å². The number of nitrogens with two attached hydrogens (primary N) is 1. The van der Waals surface area contributed by atoms with Crippen molar-refractivity contribution in [2.24, 2.45) is 0 Å². The average molecular weight is 284 g/mol. The van der Waals surface area contributed by atoms with Crippen molar-refractivity contribution in [3.05, 3.63) is 53.1 Å². The Morgan fingerprint density at radius 2 is 1.81 bits per heavy atom. The Labute approximate surface area is 124 Å². The molecule has 0 aliphatic heterocycles. The second-order valence-corrected chi connectivity index (χ2v) is 5.10. The largest absolute Gasteiger partial charge is 0.497 e. The molecule has 0 unspecified atom stereocenters. The molecule has 0 aliphatic carbocycles. The number of ether oxygens (including phenoxy) is 1. The third-order valence-electron chi connectivity index (χ3n) is 3.41. The van der Waals surface area contributed by atoms with Crippen molar-refractivity contribution >= 4 is 17.3 Å². The molecule has 0 heterocycles. The number of hydrogen-bond acceptors (Lipinski definition) is 3. The predicted molar refractivity (Wildman–Crippen MR) is 85.7 cm³/mol. The zero-order valence-electron chi connectivity index (χ0n) is 12.6. The molecule has 0 aliphatic rings. The normalized spacial score (nSPS) is 10.2. The number of carbonyl (C=O) groups is 1. The highest BCUT2D eigenvalue weighted by molar-refractivity contribution is 5.93. The van der Waals surface area contributed by atoms with Crippen LogP contribution in [-0.2, 0) is 11.2 Å². The molecule has 0 spiro atoms. The van der Waals surface area contributed by atoms with Crippen molar-refractivity contribution < 1.29 is 9.53 Å². The molecule has 0 atom stereocenters. The fraction of sp³-hybridized carbons (Fsp3) is 0.235. The van der Waals surface area contributed by atoms with Gasteiger partial charge < -0.3 is 15.8 Å². The summed E-state index contributed by atoms with van der Waals surface area (Å²) in [7, 11) is 1.62. The van der Waals surface area contributed by atoms with Gasteiger partial charge in [-0.3, -0.25) is 4.79 Å². The summed E-state index contributed by atoms with van der Waals surface area (Å²) in [4.78, 5) is 12.1. The molecule has 0 aromatic heterocycles. The first-order valence-electron chi connectivity index (χ1n) is 6.79. The summed E-state index contributed by atoms with van der Waals surface area (Å²) in [5.74, 6) is 0.716. The Balaban J connectivity index is 2.06. The van der Waals surface area contributed by atoms with Gasteiger partial charge in [0.25, 0.3) is 0 Å². The van der Waals surface area contributed by atoms with E-state index in [2.05, 4.69) is 5.32 Å². The first-order valence-corrected chi connectivity index (χ1v) is 6.79. The number of rotatable bonds is 4. The Morgan fingerprint density at radius 1 is 1.14 bits per heavy atom. The highest BCUT2D eigenvalue weighted by Gasteiger charge is 2.08. The Hall–Kier alpha value is -2.49. The molecule has 0 fully saturated rings. The van der Waals surface area contributed by atoms with Crippen LogP contribution in [0.3, 0.4) is 0 Å². The van der Waals surface area contributed by atoms with Crippen LogP contribution in [0.15, 0.2) is 36.4 Å². The number of nitrogens with one attached hydrogen (secondary N) is 1. The zero-order chi connectivity index (χ0) is 15.4. The molecule has 0 saturated heterocycles. The third-order valence-corrected chi connectivity index (χ3v) is 3.41. The number of amides is 1. The number of carbonyl (C=O) groups excluding carboxylic acids is 1. The lowest BCUT2D eigenvalue weighted by molar-refractivity contribution is -0.115. The highest BCUT2D eigenvalue weighted by Crippen LogP contribution is 2.22. The Bertz CT molecular complexity index is 649. The second kappa shape index (κ2) is 6.31. The minimum Gasteiger partial charge on any atom is -0.497 e. The molecule has 110 valence electrons. The maximum Gasteiger partial charge on any atom is 0.228 e. The first kappa shape index (κ1) is 14.9. The lowest BCUT2D eigenvalue weighted by Gasteiger charge is -2.11. The van der Waals surface area contributed by atoms with Crippen LogP contribution < -0.4 is 15.8 Å². The highest BCUT2D eigenvalue weighted by atomic mass is 16.5. The van der Waals surface area contributed by atoms with Crippen LogP contribution in [0.25, 0.3) is 0 Å². The summed E-state index contributed by atoms with van der Waals surface area (Å²) in [5.41, 5.74) is 10.3. The van der Waals surface area contributed by atoms with E-state index in [9.17, 15) is 4.79 Å². The molecular formula is C17H20N2O2. The topological polar surface area (TPSA) is 64.3 Å². The van der Waals surface area contributed by atoms with Crippen LogP contribution in [0, 0.1) is 13.8 Å². The van der Waals surface area contributed by atoms with Gasteiger partial charge in [0.1, 0.15) is 5.75 Å². The SMILES string of the molecule is COc1ccc(CC(=O)Nc2cc(N)c(C)cc2C)cc1. The molecule has 3 N–H and O–H groups in total. The molecule has 0 bridgehead atoms. The van der Waals surface area contributed by atoms with E-state index in [1.165, 1.54) is 0 Å². The van der Waals surface area contributed by atoms with Gasteiger partial charge >= 0.3 is 0 Å². The van der Waals surface area contributed by atoms with Gasteiger partial charge in [0.2, 0.25) is 5.91 Å². The van der Waals surface area contributed by atoms with Crippen LogP contribution in [0.2, 0.25) is 0 Å². The summed E-state index contributed by atoms with van der Waals surface area (Å²) in [6, 6.07) is 11.2. The van der Waals surface area contributed by atoms with Gasteiger partial charge in [-0.25, -0.2) is 0 Å². The number of anilines is 2. The molecule has 4 heteroatoms. The van der Waals surface area contributed by atoms with Crippen molar-refractivity contribution in [1.29, 1.82) is 0 Å². The van der Waals surface area contributed by atoms with Crippen molar-refractivity contribution in [1.82, 2.24) is 0 Å². The van der Waals surface area contributed by atoms with Crippen molar-refractivity contribution in [3.63, 3.8) is 0 Å². The van der Waals surface area contributed by atoms with Gasteiger partial charge in [-0.1, -0.05) is 18.2 Å². The van der Waals surface area contributed by atoms with E-state index in [0.29, 0.717) is 12.1 Å². The Morgan fingerprint density at radius 3 is 2.43 bits per heavy atom. The first-order chi connectivity index (χ1) is 9.99. The number of hydrogen-bond donors (Lipinski definition) is 2. The standard InChI is InChI=1S/C17H20N2O2/c1-11-8-12(2)16(10-15(11)18)19-17(20)9-13-4-6-14(21-3)7-5-13/h4-8,10H,9,18H2,1-3H3,(H,19,20). The number of benzene rings is 2. The summed E-state index contributed by atoms with van der Waals surface area (Å²) in [5, 5.41) is 2.91. The zero-order valence-corrected chi connectivity index (χ0v) is 12.6. The minimum atomic E-state index is -0.0634. The summed E-state index contributed by atoms with van der Waals surface area (Å²) < 4.78 is 5.10. The summed E-state index contributed by atoms with van der Waals surface area (Å²) >= 11 is 0. The van der Waals surface area contributed by atoms with E-state index in [0.717, 1.165) is 28.1 Å². The van der Waals surface area contributed by atoms with Crippen LogP contribution in [0.1, 0.15) is 16.7 Å². The minimum absolute atomic E-state index is 0.0634. The van der Waals surface area contributed by atoms with Gasteiger partial charge in [-0.05, 0) is 48.7 Å². The van der Waals surface area contributed by atoms with Gasteiger partial charge in [-0.15, -0.1) is 0 Å². The molecule has 2 rings (SSSR count). The van der Waals surface area contributed by atoms with Crippen molar-refractivity contribution in [2.75, 3.05) is 18.2 Å². The molecular weight excluding hydrogens is 264 g/mol. The van der Waals surface area contributed by atoms with Gasteiger partial charge in [0.05, 0.1) is 13.5 Å². The summed E-state index contributed by atoms with van der Waals surface area (Å²) in [6.45, 7) is 3.90. The second-order valence-electron chi connectivity index (χ2n) is 5.10. The van der Waals surface area contributed by atoms with E-state index in [-0.39, 0.29) is 5.91 Å². The van der Waals surface area contributed by atoms with Crippen LogP contribution in [0.4, 0.5) is 11.4 Å². The fourth-order valence-electron chi connectivity index (χ4n) is 2.13.